The normalized spacial score (nSPS) is 42.4. The third kappa shape index (κ3) is 2.06. The molecule has 0 spiro atoms. The molecule has 0 radical (unpaired) electrons. The summed E-state index contributed by atoms with van der Waals surface area (Å²) in [5.41, 5.74) is 0. The van der Waals surface area contributed by atoms with Crippen molar-refractivity contribution in [2.75, 3.05) is 0 Å². The van der Waals surface area contributed by atoms with E-state index in [2.05, 4.69) is 12.2 Å². The van der Waals surface area contributed by atoms with Crippen LogP contribution < -0.4 is 0 Å². The van der Waals surface area contributed by atoms with Crippen LogP contribution in [0.4, 0.5) is 0 Å². The lowest BCUT2D eigenvalue weighted by molar-refractivity contribution is -0.140. The van der Waals surface area contributed by atoms with Crippen molar-refractivity contribution < 1.29 is 9.59 Å². The highest BCUT2D eigenvalue weighted by Gasteiger charge is 2.45. The van der Waals surface area contributed by atoms with Gasteiger partial charge in [-0.1, -0.05) is 12.2 Å². The van der Waals surface area contributed by atoms with Crippen molar-refractivity contribution in [3.63, 3.8) is 0 Å². The summed E-state index contributed by atoms with van der Waals surface area (Å²) in [4.78, 5) is 24.6. The van der Waals surface area contributed by atoms with Crippen LogP contribution in [0.5, 0.6) is 0 Å². The van der Waals surface area contributed by atoms with Gasteiger partial charge in [-0.15, -0.1) is 0 Å². The zero-order chi connectivity index (χ0) is 12.5. The third-order valence-corrected chi connectivity index (χ3v) is 5.19. The fraction of sp³-hybridized carbons (Fsp3) is 0.750. The maximum absolute atomic E-state index is 12.3. The fourth-order valence-electron chi connectivity index (χ4n) is 4.35. The molecule has 2 saturated carbocycles. The molecule has 0 N–H and O–H groups in total. The second-order valence-corrected chi connectivity index (χ2v) is 6.23. The Morgan fingerprint density at radius 3 is 1.67 bits per heavy atom. The van der Waals surface area contributed by atoms with Crippen LogP contribution in [0.15, 0.2) is 12.2 Å². The van der Waals surface area contributed by atoms with Gasteiger partial charge in [-0.2, -0.15) is 0 Å². The summed E-state index contributed by atoms with van der Waals surface area (Å²) in [5, 5.41) is 0. The van der Waals surface area contributed by atoms with E-state index in [0.29, 0.717) is 36.2 Å². The number of fused-ring (bicyclic) bond motifs is 3. The number of ketones is 2. The van der Waals surface area contributed by atoms with E-state index in [-0.39, 0.29) is 11.8 Å². The summed E-state index contributed by atoms with van der Waals surface area (Å²) in [6.07, 6.45) is 12.3. The molecule has 2 heteroatoms. The quantitative estimate of drug-likeness (QED) is 0.614. The molecule has 0 aromatic rings. The molecule has 0 bridgehead atoms. The van der Waals surface area contributed by atoms with Crippen LogP contribution in [-0.4, -0.2) is 11.6 Å². The standard InChI is InChI=1S/C16H22O2/c17-13-9-3-7-11-5-1-2-6-12-8-4-10-14(18)16(12)15(11)13/h1-2,11-12,15-16H,3-10H2/b2-1-/t11-,12-,15+,16+/m1/s1. The second kappa shape index (κ2) is 4.99. The highest BCUT2D eigenvalue weighted by Crippen LogP contribution is 2.44. The fourth-order valence-corrected chi connectivity index (χ4v) is 4.35. The Morgan fingerprint density at radius 2 is 1.22 bits per heavy atom. The lowest BCUT2D eigenvalue weighted by atomic mass is 9.61. The molecule has 3 aliphatic carbocycles. The third-order valence-electron chi connectivity index (χ3n) is 5.19. The van der Waals surface area contributed by atoms with E-state index in [1.807, 2.05) is 0 Å². The van der Waals surface area contributed by atoms with Gasteiger partial charge >= 0.3 is 0 Å². The van der Waals surface area contributed by atoms with Crippen LogP contribution in [0.25, 0.3) is 0 Å². The van der Waals surface area contributed by atoms with Crippen molar-refractivity contribution in [3.05, 3.63) is 12.2 Å². The van der Waals surface area contributed by atoms with Gasteiger partial charge in [0.15, 0.2) is 0 Å². The molecule has 0 unspecified atom stereocenters. The second-order valence-electron chi connectivity index (χ2n) is 6.23. The van der Waals surface area contributed by atoms with Gasteiger partial charge in [-0.3, -0.25) is 9.59 Å². The van der Waals surface area contributed by atoms with E-state index in [4.69, 9.17) is 0 Å². The molecule has 98 valence electrons. The van der Waals surface area contributed by atoms with Crippen LogP contribution in [0, 0.1) is 23.7 Å². The van der Waals surface area contributed by atoms with Crippen molar-refractivity contribution >= 4 is 11.6 Å². The highest BCUT2D eigenvalue weighted by molar-refractivity contribution is 5.91. The Balaban J connectivity index is 1.94. The highest BCUT2D eigenvalue weighted by atomic mass is 16.1. The smallest absolute Gasteiger partial charge is 0.136 e. The summed E-state index contributed by atoms with van der Waals surface area (Å²) in [6.45, 7) is 0. The minimum atomic E-state index is 0.0569. The average molecular weight is 246 g/mol. The zero-order valence-corrected chi connectivity index (χ0v) is 10.9. The first-order valence-corrected chi connectivity index (χ1v) is 7.48. The molecule has 0 amide bonds. The molecule has 0 aromatic heterocycles. The van der Waals surface area contributed by atoms with Crippen LogP contribution >= 0.6 is 0 Å². The van der Waals surface area contributed by atoms with Gasteiger partial charge in [0.05, 0.1) is 0 Å². The maximum Gasteiger partial charge on any atom is 0.136 e. The molecule has 0 aliphatic heterocycles. The number of hydrogen-bond acceptors (Lipinski definition) is 2. The number of allylic oxidation sites excluding steroid dienone is 2. The largest absolute Gasteiger partial charge is 0.299 e. The molecule has 18 heavy (non-hydrogen) atoms. The minimum Gasteiger partial charge on any atom is -0.299 e. The van der Waals surface area contributed by atoms with Crippen molar-refractivity contribution in [1.82, 2.24) is 0 Å². The van der Waals surface area contributed by atoms with Gasteiger partial charge in [-0.05, 0) is 50.4 Å². The molecule has 3 rings (SSSR count). The molecule has 0 saturated heterocycles. The van der Waals surface area contributed by atoms with Gasteiger partial charge in [0.25, 0.3) is 0 Å². The number of carbonyl (C=O) groups excluding carboxylic acids is 2. The molecule has 4 atom stereocenters. The summed E-state index contributed by atoms with van der Waals surface area (Å²) in [7, 11) is 0. The van der Waals surface area contributed by atoms with Crippen LogP contribution in [-0.2, 0) is 9.59 Å². The van der Waals surface area contributed by atoms with E-state index in [0.717, 1.165) is 38.5 Å². The summed E-state index contributed by atoms with van der Waals surface area (Å²) >= 11 is 0. The number of rotatable bonds is 0. The topological polar surface area (TPSA) is 34.1 Å². The molecule has 2 nitrogen and oxygen atoms in total. The minimum absolute atomic E-state index is 0.0569. The molecular formula is C16H22O2. The summed E-state index contributed by atoms with van der Waals surface area (Å²) in [6, 6.07) is 0. The van der Waals surface area contributed by atoms with Gasteiger partial charge in [0.1, 0.15) is 11.6 Å². The van der Waals surface area contributed by atoms with Gasteiger partial charge < -0.3 is 0 Å². The Bertz CT molecular complexity index is 347. The molecule has 2 fully saturated rings. The molecule has 0 aromatic carbocycles. The molecule has 3 aliphatic rings. The van der Waals surface area contributed by atoms with Gasteiger partial charge in [0, 0.05) is 24.7 Å². The zero-order valence-electron chi connectivity index (χ0n) is 10.9. The SMILES string of the molecule is O=C1CCC[C@H]2C/C=C\C[C@@H]3CCCC(=O)[C@H]3[C@H]12. The summed E-state index contributed by atoms with van der Waals surface area (Å²) < 4.78 is 0. The molecular weight excluding hydrogens is 224 g/mol. The first-order chi connectivity index (χ1) is 8.77. The molecule has 0 heterocycles. The lowest BCUT2D eigenvalue weighted by Gasteiger charge is -2.41. The Labute approximate surface area is 109 Å². The van der Waals surface area contributed by atoms with Gasteiger partial charge in [-0.25, -0.2) is 0 Å². The lowest BCUT2D eigenvalue weighted by Crippen LogP contribution is -2.44. The Kier molecular flexibility index (Phi) is 3.36. The van der Waals surface area contributed by atoms with E-state index >= 15 is 0 Å². The van der Waals surface area contributed by atoms with Crippen molar-refractivity contribution in [2.45, 2.75) is 51.4 Å². The van der Waals surface area contributed by atoms with E-state index in [1.165, 1.54) is 0 Å². The number of carbonyl (C=O) groups is 2. The van der Waals surface area contributed by atoms with E-state index in [9.17, 15) is 9.59 Å². The van der Waals surface area contributed by atoms with Crippen LogP contribution in [0.3, 0.4) is 0 Å². The predicted octanol–water partition coefficient (Wildman–Crippen LogP) is 3.31. The monoisotopic (exact) mass is 246 g/mol. The van der Waals surface area contributed by atoms with Crippen LogP contribution in [0.1, 0.15) is 51.4 Å². The van der Waals surface area contributed by atoms with Crippen molar-refractivity contribution in [3.8, 4) is 0 Å². The van der Waals surface area contributed by atoms with Crippen molar-refractivity contribution in [1.29, 1.82) is 0 Å². The average Bonchev–Trinajstić information content (AvgIpc) is 2.33. The van der Waals surface area contributed by atoms with Crippen molar-refractivity contribution in [2.24, 2.45) is 23.7 Å². The number of Topliss-reactive ketones (excluding diaryl/α,β-unsaturated/α-hetero) is 2. The Morgan fingerprint density at radius 1 is 0.778 bits per heavy atom. The van der Waals surface area contributed by atoms with E-state index in [1.54, 1.807) is 0 Å². The Hall–Kier alpha value is -0.920. The van der Waals surface area contributed by atoms with Crippen LogP contribution in [0.2, 0.25) is 0 Å². The van der Waals surface area contributed by atoms with Gasteiger partial charge in [0.2, 0.25) is 0 Å². The first kappa shape index (κ1) is 12.1. The first-order valence-electron chi connectivity index (χ1n) is 7.48. The summed E-state index contributed by atoms with van der Waals surface area (Å²) in [5.74, 6) is 1.76. The predicted molar refractivity (Wildman–Crippen MR) is 70.1 cm³/mol. The maximum atomic E-state index is 12.3. The number of hydrogen-bond donors (Lipinski definition) is 0. The van der Waals surface area contributed by atoms with E-state index < -0.39 is 0 Å².